The third kappa shape index (κ3) is 3.50. The number of hydrogen-bond acceptors (Lipinski definition) is 6. The number of para-hydroxylation sites is 2. The molecule has 7 nitrogen and oxygen atoms in total. The minimum Gasteiger partial charge on any atom is -0.486 e. The minimum absolute atomic E-state index is 0.00970. The van der Waals surface area contributed by atoms with Crippen molar-refractivity contribution in [2.24, 2.45) is 0 Å². The number of hydrogen-bond donors (Lipinski definition) is 0. The topological polar surface area (TPSA) is 69.5 Å². The highest BCUT2D eigenvalue weighted by Crippen LogP contribution is 2.31. The Kier molecular flexibility index (Phi) is 4.84. The van der Waals surface area contributed by atoms with E-state index in [0.29, 0.717) is 25.6 Å². The number of rotatable bonds is 5. The lowest BCUT2D eigenvalue weighted by Gasteiger charge is -2.21. The van der Waals surface area contributed by atoms with Crippen LogP contribution in [0.3, 0.4) is 0 Å². The van der Waals surface area contributed by atoms with Crippen LogP contribution < -0.4 is 9.47 Å². The van der Waals surface area contributed by atoms with Crippen LogP contribution in [0.1, 0.15) is 5.56 Å². The van der Waals surface area contributed by atoms with Crippen molar-refractivity contribution in [1.29, 1.82) is 0 Å². The van der Waals surface area contributed by atoms with Crippen molar-refractivity contribution in [2.75, 3.05) is 20.3 Å². The maximum atomic E-state index is 13.1. The Hall–Kier alpha value is -3.39. The summed E-state index contributed by atoms with van der Waals surface area (Å²) in [5.74, 6) is 2.17. The lowest BCUT2D eigenvalue weighted by Crippen LogP contribution is -2.30. The monoisotopic (exact) mass is 420 g/mol. The number of nitrogens with zero attached hydrogens (tertiary/aromatic N) is 4. The van der Waals surface area contributed by atoms with Crippen LogP contribution in [0, 0.1) is 0 Å². The third-order valence-electron chi connectivity index (χ3n) is 5.06. The number of carbonyl (C=O) groups excluding carboxylic acids is 1. The number of benzene rings is 2. The first kappa shape index (κ1) is 18.6. The molecular formula is C22H20N4O3S. The van der Waals surface area contributed by atoms with Crippen LogP contribution in [-0.2, 0) is 17.9 Å². The molecule has 2 aromatic heterocycles. The Morgan fingerprint density at radius 1 is 1.17 bits per heavy atom. The Morgan fingerprint density at radius 2 is 2.00 bits per heavy atom. The molecule has 0 saturated heterocycles. The molecule has 0 fully saturated rings. The zero-order valence-corrected chi connectivity index (χ0v) is 17.3. The molecule has 1 amide bonds. The molecule has 0 saturated carbocycles. The van der Waals surface area contributed by atoms with Crippen molar-refractivity contribution in [3.63, 3.8) is 0 Å². The molecule has 0 radical (unpaired) electrons. The number of ether oxygens (including phenoxy) is 2. The smallest absolute Gasteiger partial charge is 0.242 e. The van der Waals surface area contributed by atoms with E-state index in [0.717, 1.165) is 33.8 Å². The van der Waals surface area contributed by atoms with Gasteiger partial charge < -0.3 is 18.9 Å². The SMILES string of the molecule is CN(Cc1ccc2c(c1)OCCO2)C(=O)Cn1c(-c2cscn2)nc2ccccc21. The van der Waals surface area contributed by atoms with Gasteiger partial charge in [0.05, 0.1) is 16.5 Å². The number of thiazole rings is 1. The summed E-state index contributed by atoms with van der Waals surface area (Å²) in [7, 11) is 1.81. The van der Waals surface area contributed by atoms with Crippen molar-refractivity contribution < 1.29 is 14.3 Å². The van der Waals surface area contributed by atoms with E-state index in [2.05, 4.69) is 4.98 Å². The zero-order chi connectivity index (χ0) is 20.5. The second kappa shape index (κ2) is 7.79. The summed E-state index contributed by atoms with van der Waals surface area (Å²) < 4.78 is 13.2. The van der Waals surface area contributed by atoms with E-state index in [1.54, 1.807) is 17.5 Å². The molecule has 0 aliphatic carbocycles. The van der Waals surface area contributed by atoms with E-state index >= 15 is 0 Å². The molecule has 152 valence electrons. The normalized spacial score (nSPS) is 12.8. The van der Waals surface area contributed by atoms with Crippen LogP contribution in [0.4, 0.5) is 0 Å². The van der Waals surface area contributed by atoms with Crippen LogP contribution in [0.25, 0.3) is 22.6 Å². The highest BCUT2D eigenvalue weighted by atomic mass is 32.1. The molecule has 0 unspecified atom stereocenters. The van der Waals surface area contributed by atoms with Gasteiger partial charge in [0.1, 0.15) is 25.5 Å². The maximum Gasteiger partial charge on any atom is 0.242 e. The predicted molar refractivity (Wildman–Crippen MR) is 115 cm³/mol. The molecule has 2 aromatic carbocycles. The van der Waals surface area contributed by atoms with Gasteiger partial charge in [-0.05, 0) is 29.8 Å². The van der Waals surface area contributed by atoms with Gasteiger partial charge in [-0.3, -0.25) is 4.79 Å². The van der Waals surface area contributed by atoms with E-state index in [4.69, 9.17) is 14.5 Å². The summed E-state index contributed by atoms with van der Waals surface area (Å²) >= 11 is 1.51. The summed E-state index contributed by atoms with van der Waals surface area (Å²) in [6.07, 6.45) is 0. The van der Waals surface area contributed by atoms with Crippen LogP contribution in [0.15, 0.2) is 53.4 Å². The number of likely N-dealkylation sites (N-methyl/N-ethyl adjacent to an activating group) is 1. The molecule has 0 N–H and O–H groups in total. The van der Waals surface area contributed by atoms with Crippen molar-refractivity contribution in [2.45, 2.75) is 13.1 Å². The molecule has 1 aliphatic heterocycles. The number of imidazole rings is 1. The van der Waals surface area contributed by atoms with Gasteiger partial charge in [0.2, 0.25) is 5.91 Å². The highest BCUT2D eigenvalue weighted by Gasteiger charge is 2.19. The first-order valence-corrected chi connectivity index (χ1v) is 10.6. The zero-order valence-electron chi connectivity index (χ0n) is 16.4. The molecule has 0 atom stereocenters. The maximum absolute atomic E-state index is 13.1. The number of fused-ring (bicyclic) bond motifs is 2. The summed E-state index contributed by atoms with van der Waals surface area (Å²) in [5.41, 5.74) is 5.31. The van der Waals surface area contributed by atoms with E-state index in [1.165, 1.54) is 11.3 Å². The fraction of sp³-hybridized carbons (Fsp3) is 0.227. The second-order valence-corrected chi connectivity index (χ2v) is 7.83. The van der Waals surface area contributed by atoms with Crippen LogP contribution in [0.5, 0.6) is 11.5 Å². The molecule has 4 aromatic rings. The van der Waals surface area contributed by atoms with Gasteiger partial charge in [-0.25, -0.2) is 9.97 Å². The Balaban J connectivity index is 1.39. The minimum atomic E-state index is -0.00970. The first-order chi connectivity index (χ1) is 14.7. The van der Waals surface area contributed by atoms with Gasteiger partial charge >= 0.3 is 0 Å². The molecule has 8 heteroatoms. The van der Waals surface area contributed by atoms with E-state index in [1.807, 2.05) is 52.4 Å². The molecule has 0 bridgehead atoms. The van der Waals surface area contributed by atoms with Crippen molar-refractivity contribution >= 4 is 28.3 Å². The molecule has 5 rings (SSSR count). The number of aromatic nitrogens is 3. The highest BCUT2D eigenvalue weighted by molar-refractivity contribution is 7.07. The Morgan fingerprint density at radius 3 is 2.83 bits per heavy atom. The first-order valence-electron chi connectivity index (χ1n) is 9.65. The quantitative estimate of drug-likeness (QED) is 0.494. The van der Waals surface area contributed by atoms with Crippen molar-refractivity contribution in [3.8, 4) is 23.0 Å². The van der Waals surface area contributed by atoms with Crippen LogP contribution in [0.2, 0.25) is 0 Å². The van der Waals surface area contributed by atoms with Gasteiger partial charge in [0.15, 0.2) is 17.3 Å². The largest absolute Gasteiger partial charge is 0.486 e. The summed E-state index contributed by atoms with van der Waals surface area (Å²) in [6, 6.07) is 13.6. The van der Waals surface area contributed by atoms with Crippen molar-refractivity contribution in [1.82, 2.24) is 19.4 Å². The fourth-order valence-electron chi connectivity index (χ4n) is 3.56. The van der Waals surface area contributed by atoms with Gasteiger partial charge in [-0.15, -0.1) is 11.3 Å². The van der Waals surface area contributed by atoms with Gasteiger partial charge in [-0.2, -0.15) is 0 Å². The Bertz CT molecular complexity index is 1200. The van der Waals surface area contributed by atoms with Gasteiger partial charge in [-0.1, -0.05) is 18.2 Å². The fourth-order valence-corrected chi connectivity index (χ4v) is 4.09. The van der Waals surface area contributed by atoms with Crippen molar-refractivity contribution in [3.05, 3.63) is 58.9 Å². The summed E-state index contributed by atoms with van der Waals surface area (Å²) in [6.45, 7) is 1.77. The van der Waals surface area contributed by atoms with E-state index in [9.17, 15) is 4.79 Å². The van der Waals surface area contributed by atoms with E-state index < -0.39 is 0 Å². The number of amides is 1. The van der Waals surface area contributed by atoms with Crippen LogP contribution in [-0.4, -0.2) is 45.6 Å². The van der Waals surface area contributed by atoms with Gasteiger partial charge in [0, 0.05) is 19.0 Å². The molecule has 1 aliphatic rings. The standard InChI is InChI=1S/C22H20N4O3S/c1-25(11-15-6-7-19-20(10-15)29-9-8-28-19)21(27)12-26-18-5-3-2-4-16(18)24-22(26)17-13-30-14-23-17/h2-7,10,13-14H,8-9,11-12H2,1H3. The molecule has 30 heavy (non-hydrogen) atoms. The van der Waals surface area contributed by atoms with Gasteiger partial charge in [0.25, 0.3) is 0 Å². The summed E-state index contributed by atoms with van der Waals surface area (Å²) in [4.78, 5) is 23.9. The van der Waals surface area contributed by atoms with E-state index in [-0.39, 0.29) is 12.5 Å². The summed E-state index contributed by atoms with van der Waals surface area (Å²) in [5, 5.41) is 1.95. The average molecular weight is 420 g/mol. The third-order valence-corrected chi connectivity index (χ3v) is 5.65. The predicted octanol–water partition coefficient (Wildman–Crippen LogP) is 3.59. The number of carbonyl (C=O) groups is 1. The average Bonchev–Trinajstić information content (AvgIpc) is 3.42. The Labute approximate surface area is 177 Å². The molecule has 3 heterocycles. The van der Waals surface area contributed by atoms with Crippen LogP contribution >= 0.6 is 11.3 Å². The molecular weight excluding hydrogens is 400 g/mol. The molecule has 0 spiro atoms. The lowest BCUT2D eigenvalue weighted by atomic mass is 10.2. The second-order valence-electron chi connectivity index (χ2n) is 7.11. The lowest BCUT2D eigenvalue weighted by molar-refractivity contribution is -0.130.